The minimum atomic E-state index is -0.220. The summed E-state index contributed by atoms with van der Waals surface area (Å²) >= 11 is 7.17. The highest BCUT2D eigenvalue weighted by molar-refractivity contribution is 7.00. The molecule has 18 heavy (non-hydrogen) atoms. The average Bonchev–Trinajstić information content (AvgIpc) is 2.83. The van der Waals surface area contributed by atoms with Gasteiger partial charge in [-0.1, -0.05) is 18.5 Å². The minimum absolute atomic E-state index is 0.137. The van der Waals surface area contributed by atoms with E-state index in [1.54, 1.807) is 12.1 Å². The lowest BCUT2D eigenvalue weighted by Gasteiger charge is -2.13. The lowest BCUT2D eigenvalue weighted by Crippen LogP contribution is -2.28. The van der Waals surface area contributed by atoms with E-state index in [1.807, 2.05) is 6.92 Å². The molecule has 0 saturated heterocycles. The second-order valence-corrected chi connectivity index (χ2v) is 4.82. The molecule has 0 bridgehead atoms. The topological polar surface area (TPSA) is 80.9 Å². The summed E-state index contributed by atoms with van der Waals surface area (Å²) in [5, 5.41) is 3.25. The van der Waals surface area contributed by atoms with Gasteiger partial charge in [-0.15, -0.1) is 0 Å². The Kier molecular flexibility index (Phi) is 4.11. The molecule has 7 heteroatoms. The van der Waals surface area contributed by atoms with E-state index >= 15 is 0 Å². The van der Waals surface area contributed by atoms with Gasteiger partial charge in [0.2, 0.25) is 5.91 Å². The summed E-state index contributed by atoms with van der Waals surface area (Å²) in [6, 6.07) is 3.47. The number of carbonyl (C=O) groups excluding carboxylic acids is 1. The number of nitrogens with zero attached hydrogens (tertiary/aromatic N) is 2. The van der Waals surface area contributed by atoms with Crippen LogP contribution < -0.4 is 11.1 Å². The van der Waals surface area contributed by atoms with Crippen LogP contribution in [0.25, 0.3) is 11.0 Å². The second kappa shape index (κ2) is 5.60. The molecule has 2 aromatic rings. The van der Waals surface area contributed by atoms with Crippen LogP contribution in [0.5, 0.6) is 0 Å². The SMILES string of the molecule is CCC(CN)C(=O)Nc1c(Cl)ccc2nsnc12. The summed E-state index contributed by atoms with van der Waals surface area (Å²) < 4.78 is 8.25. The molecule has 0 spiro atoms. The predicted octanol–water partition coefficient (Wildman–Crippen LogP) is 2.27. The fourth-order valence-corrected chi connectivity index (χ4v) is 2.37. The number of halogens is 1. The fraction of sp³-hybridized carbons (Fsp3) is 0.364. The number of fused-ring (bicyclic) bond motifs is 1. The molecule has 0 radical (unpaired) electrons. The van der Waals surface area contributed by atoms with Gasteiger partial charge in [-0.2, -0.15) is 8.75 Å². The van der Waals surface area contributed by atoms with Gasteiger partial charge in [0, 0.05) is 6.54 Å². The van der Waals surface area contributed by atoms with Crippen LogP contribution in [0.3, 0.4) is 0 Å². The molecule has 3 N–H and O–H groups in total. The number of hydrogen-bond acceptors (Lipinski definition) is 5. The predicted molar refractivity (Wildman–Crippen MR) is 73.9 cm³/mol. The Balaban J connectivity index is 2.33. The smallest absolute Gasteiger partial charge is 0.228 e. The molecule has 0 saturated carbocycles. The normalized spacial score (nSPS) is 12.6. The second-order valence-electron chi connectivity index (χ2n) is 3.88. The van der Waals surface area contributed by atoms with Gasteiger partial charge in [-0.05, 0) is 18.6 Å². The van der Waals surface area contributed by atoms with Gasteiger partial charge in [-0.25, -0.2) is 0 Å². The third kappa shape index (κ3) is 2.45. The average molecular weight is 285 g/mol. The van der Waals surface area contributed by atoms with Gasteiger partial charge in [0.15, 0.2) is 0 Å². The molecular formula is C11H13ClN4OS. The Labute approximate surface area is 114 Å². The molecular weight excluding hydrogens is 272 g/mol. The summed E-state index contributed by atoms with van der Waals surface area (Å²) in [4.78, 5) is 12.0. The number of hydrogen-bond donors (Lipinski definition) is 2. The number of nitrogens with one attached hydrogen (secondary N) is 1. The number of anilines is 1. The summed E-state index contributed by atoms with van der Waals surface area (Å²) in [6.45, 7) is 2.23. The first kappa shape index (κ1) is 13.2. The quantitative estimate of drug-likeness (QED) is 0.902. The van der Waals surface area contributed by atoms with Crippen molar-refractivity contribution in [1.29, 1.82) is 0 Å². The molecule has 2 rings (SSSR count). The number of benzene rings is 1. The number of amides is 1. The first-order valence-electron chi connectivity index (χ1n) is 5.59. The Bertz CT molecular complexity index is 567. The summed E-state index contributed by atoms with van der Waals surface area (Å²) in [5.41, 5.74) is 7.40. The van der Waals surface area contributed by atoms with E-state index in [-0.39, 0.29) is 11.8 Å². The Morgan fingerprint density at radius 2 is 2.33 bits per heavy atom. The van der Waals surface area contributed by atoms with Crippen molar-refractivity contribution in [2.75, 3.05) is 11.9 Å². The van der Waals surface area contributed by atoms with Crippen molar-refractivity contribution >= 4 is 46.0 Å². The highest BCUT2D eigenvalue weighted by atomic mass is 35.5. The van der Waals surface area contributed by atoms with Crippen LogP contribution in [0.15, 0.2) is 12.1 Å². The van der Waals surface area contributed by atoms with Crippen molar-refractivity contribution in [3.05, 3.63) is 17.2 Å². The maximum absolute atomic E-state index is 12.0. The summed E-state index contributed by atoms with van der Waals surface area (Å²) in [5.74, 6) is -0.356. The van der Waals surface area contributed by atoms with Gasteiger partial charge in [0.1, 0.15) is 11.0 Å². The van der Waals surface area contributed by atoms with Crippen LogP contribution in [0.1, 0.15) is 13.3 Å². The van der Waals surface area contributed by atoms with Crippen LogP contribution in [0.2, 0.25) is 5.02 Å². The van der Waals surface area contributed by atoms with Gasteiger partial charge >= 0.3 is 0 Å². The lowest BCUT2D eigenvalue weighted by molar-refractivity contribution is -0.119. The third-order valence-electron chi connectivity index (χ3n) is 2.77. The maximum Gasteiger partial charge on any atom is 0.228 e. The van der Waals surface area contributed by atoms with Gasteiger partial charge in [0.25, 0.3) is 0 Å². The number of aromatic nitrogens is 2. The number of nitrogens with two attached hydrogens (primary N) is 1. The van der Waals surface area contributed by atoms with E-state index in [4.69, 9.17) is 17.3 Å². The van der Waals surface area contributed by atoms with Crippen LogP contribution in [0, 0.1) is 5.92 Å². The van der Waals surface area contributed by atoms with Crippen LogP contribution >= 0.6 is 23.3 Å². The van der Waals surface area contributed by atoms with E-state index in [1.165, 1.54) is 0 Å². The molecule has 1 unspecified atom stereocenters. The largest absolute Gasteiger partial charge is 0.330 e. The highest BCUT2D eigenvalue weighted by Crippen LogP contribution is 2.30. The molecule has 1 aromatic carbocycles. The van der Waals surface area contributed by atoms with E-state index in [0.717, 1.165) is 17.2 Å². The number of carbonyl (C=O) groups is 1. The highest BCUT2D eigenvalue weighted by Gasteiger charge is 2.18. The van der Waals surface area contributed by atoms with Crippen LogP contribution in [0.4, 0.5) is 5.69 Å². The van der Waals surface area contributed by atoms with Crippen molar-refractivity contribution in [1.82, 2.24) is 8.75 Å². The van der Waals surface area contributed by atoms with E-state index < -0.39 is 0 Å². The van der Waals surface area contributed by atoms with Gasteiger partial charge in [-0.3, -0.25) is 4.79 Å². The molecule has 0 aliphatic carbocycles. The monoisotopic (exact) mass is 284 g/mol. The zero-order valence-electron chi connectivity index (χ0n) is 9.81. The minimum Gasteiger partial charge on any atom is -0.330 e. The van der Waals surface area contributed by atoms with E-state index in [2.05, 4.69) is 14.1 Å². The molecule has 96 valence electrons. The fourth-order valence-electron chi connectivity index (χ4n) is 1.63. The molecule has 1 atom stereocenters. The van der Waals surface area contributed by atoms with Gasteiger partial charge in [0.05, 0.1) is 28.4 Å². The molecule has 0 aliphatic heterocycles. The van der Waals surface area contributed by atoms with Crippen molar-refractivity contribution in [2.24, 2.45) is 11.7 Å². The summed E-state index contributed by atoms with van der Waals surface area (Å²) in [6.07, 6.45) is 0.686. The molecule has 1 aromatic heterocycles. The van der Waals surface area contributed by atoms with Gasteiger partial charge < -0.3 is 11.1 Å². The summed E-state index contributed by atoms with van der Waals surface area (Å²) in [7, 11) is 0. The first-order valence-corrected chi connectivity index (χ1v) is 6.69. The zero-order valence-corrected chi connectivity index (χ0v) is 11.4. The lowest BCUT2D eigenvalue weighted by atomic mass is 10.1. The van der Waals surface area contributed by atoms with E-state index in [9.17, 15) is 4.79 Å². The molecule has 1 amide bonds. The Morgan fingerprint density at radius 3 is 3.00 bits per heavy atom. The molecule has 5 nitrogen and oxygen atoms in total. The Hall–Kier alpha value is -1.24. The van der Waals surface area contributed by atoms with Crippen molar-refractivity contribution in [3.63, 3.8) is 0 Å². The molecule has 0 aliphatic rings. The van der Waals surface area contributed by atoms with E-state index in [0.29, 0.717) is 29.2 Å². The number of rotatable bonds is 4. The van der Waals surface area contributed by atoms with Crippen LogP contribution in [-0.2, 0) is 4.79 Å². The van der Waals surface area contributed by atoms with Crippen molar-refractivity contribution < 1.29 is 4.79 Å². The Morgan fingerprint density at radius 1 is 1.56 bits per heavy atom. The maximum atomic E-state index is 12.0. The molecule has 1 heterocycles. The third-order valence-corrected chi connectivity index (χ3v) is 3.63. The van der Waals surface area contributed by atoms with Crippen molar-refractivity contribution in [3.8, 4) is 0 Å². The first-order chi connectivity index (χ1) is 8.67. The zero-order chi connectivity index (χ0) is 13.1. The van der Waals surface area contributed by atoms with Crippen LogP contribution in [-0.4, -0.2) is 21.2 Å². The standard InChI is InChI=1S/C11H13ClN4OS/c1-2-6(5-13)11(17)14-9-7(12)3-4-8-10(9)16-18-15-8/h3-4,6H,2,5,13H2,1H3,(H,14,17). The van der Waals surface area contributed by atoms with Crippen molar-refractivity contribution in [2.45, 2.75) is 13.3 Å². The molecule has 0 fully saturated rings.